The molecule has 35 nitrogen and oxygen atoms in total. The quantitative estimate of drug-likeness (QED) is 0.0532. The highest BCUT2D eigenvalue weighted by molar-refractivity contribution is 6.76. The Morgan fingerprint density at radius 2 is 0.229 bits per heavy atom. The van der Waals surface area contributed by atoms with Crippen LogP contribution in [0.3, 0.4) is 0 Å². The molecule has 42 heteroatoms. The van der Waals surface area contributed by atoms with E-state index in [0.29, 0.717) is 0 Å². The maximum atomic E-state index is 7.64. The Balaban J connectivity index is 1.44. The Kier molecular flexibility index (Phi) is 44.5. The van der Waals surface area contributed by atoms with Gasteiger partial charge in [0.2, 0.25) is 0 Å². The second kappa shape index (κ2) is 49.7. The molecular weight excluding hydrogens is 1930 g/mol. The lowest BCUT2D eigenvalue weighted by atomic mass is 9.94. The largest absolute Gasteiger partial charge is 0.414 e. The lowest BCUT2D eigenvalue weighted by molar-refractivity contribution is -0.401. The third-order valence-corrected chi connectivity index (χ3v) is 65.4. The fourth-order valence-corrected chi connectivity index (χ4v) is 24.3. The van der Waals surface area contributed by atoms with Crippen LogP contribution in [-0.2, 0) is 164 Å². The molecule has 21 heterocycles. The van der Waals surface area contributed by atoms with Gasteiger partial charge in [0.25, 0.3) is 0 Å². The van der Waals surface area contributed by atoms with E-state index in [0.717, 1.165) is 0 Å². The van der Waals surface area contributed by atoms with Crippen LogP contribution in [0.15, 0.2) is 0 Å². The van der Waals surface area contributed by atoms with E-state index >= 15 is 0 Å². The SMILES string of the molecule is CO[C@@H]1[C@@H](OC)[C@H]2O[C@H]3[C@H](OC)[C@@H](OC)[C@@H](O[C@H]4[C@H](OC)[C@@H](OC)[C@@H](O[C@H]5[C@H](OC)[C@@H](OC)[C@@H](O[C@H]6[C@H](OC)[C@@H](OC)[C@@H](O[C@H]7[C@H](OC)[C@@H](OC)[C@@H](O[C@H]8[C@H](OC)[C@@H](OC)[C@@H](O[C@@H]1[C@@H](CO[Si](C)(C)C(C)(C)C)O2)O[C@@H]8CO[Si](C)(C)C(C)(C)C)O[C@@H]7CO[Si](C)(C)C(C)(C)C)O[C@@H]6CO[Si](C)(C)C(C)(C)C)O[C@@H]5CO[Si](C)(C)C(C)(C)C)O[C@@H]4CO[Si](C)(C)C(C)(C)C)O[C@@H]3CO[Si](C)(C)C(C)(C)C. The van der Waals surface area contributed by atoms with Crippen molar-refractivity contribution in [2.45, 2.75) is 487 Å². The van der Waals surface area contributed by atoms with Gasteiger partial charge < -0.3 is 164 Å². The average molecular weight is 2130 g/mol. The third kappa shape index (κ3) is 28.6. The molecule has 35 atom stereocenters. The van der Waals surface area contributed by atoms with Crippen LogP contribution >= 0.6 is 0 Å². The van der Waals surface area contributed by atoms with E-state index in [2.05, 4.69) is 237 Å². The molecule has 0 aromatic heterocycles. The van der Waals surface area contributed by atoms with Crippen LogP contribution in [0, 0.1) is 0 Å². The highest BCUT2D eigenvalue weighted by atomic mass is 28.4. The van der Waals surface area contributed by atoms with Crippen molar-refractivity contribution < 1.29 is 164 Å². The van der Waals surface area contributed by atoms with Crippen LogP contribution in [0.1, 0.15) is 145 Å². The Labute approximate surface area is 850 Å². The summed E-state index contributed by atoms with van der Waals surface area (Å²) in [6, 6.07) is 0. The predicted octanol–water partition coefficient (Wildman–Crippen LogP) is 15.1. The van der Waals surface area contributed by atoms with Crippen molar-refractivity contribution in [1.82, 2.24) is 0 Å². The normalized spacial score (nSPS) is 37.6. The highest BCUT2D eigenvalue weighted by Crippen LogP contribution is 2.50. The molecule has 0 unspecified atom stereocenters. The first-order valence-corrected chi connectivity index (χ1v) is 70.9. The molecule has 0 saturated carbocycles. The van der Waals surface area contributed by atoms with Crippen LogP contribution in [-0.4, -0.2) is 419 Å². The lowest BCUT2D eigenvalue weighted by Crippen LogP contribution is -2.70. The molecule has 21 aliphatic heterocycles. The number of ether oxygens (including phenoxy) is 28. The van der Waals surface area contributed by atoms with Gasteiger partial charge in [0.15, 0.2) is 102 Å². The minimum absolute atomic E-state index is 0.0147. The van der Waals surface area contributed by atoms with Crippen molar-refractivity contribution in [2.75, 3.05) is 146 Å². The minimum atomic E-state index is -2.66. The van der Waals surface area contributed by atoms with Crippen LogP contribution in [0.25, 0.3) is 0 Å². The van der Waals surface area contributed by atoms with Gasteiger partial charge in [-0.05, 0) is 127 Å². The third-order valence-electron chi connectivity index (χ3n) is 33.9. The molecule has 21 aliphatic rings. The molecule has 0 aliphatic carbocycles. The van der Waals surface area contributed by atoms with Crippen molar-refractivity contribution in [3.63, 3.8) is 0 Å². The molecule has 21 fully saturated rings. The summed E-state index contributed by atoms with van der Waals surface area (Å²) in [6.45, 7) is 76.3. The van der Waals surface area contributed by atoms with Gasteiger partial charge in [0.1, 0.15) is 171 Å². The maximum Gasteiger partial charge on any atom is 0.192 e. The monoisotopic (exact) mass is 2130 g/mol. The summed E-state index contributed by atoms with van der Waals surface area (Å²) in [5.74, 6) is 0. The summed E-state index contributed by atoms with van der Waals surface area (Å²) < 4.78 is 252. The van der Waals surface area contributed by atoms with Gasteiger partial charge in [0.05, 0.1) is 46.2 Å². The van der Waals surface area contributed by atoms with E-state index in [1.165, 1.54) is 0 Å². The molecule has 0 N–H and O–H groups in total. The second-order valence-electron chi connectivity index (χ2n) is 49.8. The first-order valence-electron chi connectivity index (χ1n) is 50.5. The van der Waals surface area contributed by atoms with Gasteiger partial charge in [-0.2, -0.15) is 0 Å². The van der Waals surface area contributed by atoms with Gasteiger partial charge in [-0.1, -0.05) is 145 Å². The first kappa shape index (κ1) is 125. The van der Waals surface area contributed by atoms with Crippen molar-refractivity contribution >= 4 is 58.2 Å². The molecule has 14 bridgehead atoms. The van der Waals surface area contributed by atoms with Crippen LogP contribution in [0.5, 0.6) is 0 Å². The maximum absolute atomic E-state index is 7.64. The molecule has 21 saturated heterocycles. The molecule has 0 radical (unpaired) electrons. The Morgan fingerprint density at radius 1 is 0.143 bits per heavy atom. The van der Waals surface area contributed by atoms with Crippen LogP contribution in [0.4, 0.5) is 0 Å². The zero-order valence-electron chi connectivity index (χ0n) is 95.4. The van der Waals surface area contributed by atoms with Gasteiger partial charge in [0, 0.05) is 99.5 Å². The molecule has 826 valence electrons. The molecular formula is C98H196O35Si7. The fourth-order valence-electron chi connectivity index (χ4n) is 17.3. The van der Waals surface area contributed by atoms with Crippen LogP contribution < -0.4 is 0 Å². The van der Waals surface area contributed by atoms with Crippen molar-refractivity contribution in [3.05, 3.63) is 0 Å². The zero-order valence-corrected chi connectivity index (χ0v) is 102. The number of methoxy groups -OCH3 is 14. The van der Waals surface area contributed by atoms with Crippen LogP contribution in [0.2, 0.25) is 127 Å². The topological polar surface area (TPSA) is 323 Å². The molecule has 0 aromatic carbocycles. The summed E-state index contributed by atoms with van der Waals surface area (Å²) >= 11 is 0. The standard InChI is InChI=1S/C98H196O35Si7/c1-92(2,3)134(36,37)113-50-57-64-71(99-22)78(106-29)85(120-57)128-65-58(51-114-135(38,39)93(4,5)6)122-87(80(108-31)72(65)100-23)130-67-60(53-116-137(42,43)95(10,11)12)124-89(82(110-33)74(67)102-25)132-69-62(55-118-139(46,47)97(16,17)18)126-91(84(112-35)76(69)104-27)133-70-63(56-119-140(48,49)98(19,20)21)125-90(83(111-34)77(70)105-28)131-68-61(54-117-138(44,45)96(13,14)15)123-88(81(109-32)75(68)103-26)129-66-59(52-115-136(40,41)94(7,8)9)121-86(127-64)79(107-30)73(66)101-24/h57-91H,50-56H2,1-49H3/t57-,58-,59-,60-,61-,62-,63-,64-,65-,66-,67-,68-,69-,70-,71+,72+,73+,74+,75+,76+,77+,78-,79-,80-,81-,82-,83-,84-,85-,86-,87-,88-,89-,90-,91-/m1/s1. The van der Waals surface area contributed by atoms with E-state index in [1.807, 2.05) is 0 Å². The van der Waals surface area contributed by atoms with Gasteiger partial charge in [-0.15, -0.1) is 0 Å². The summed E-state index contributed by atoms with van der Waals surface area (Å²) in [5.41, 5.74) is 0. The van der Waals surface area contributed by atoms with Gasteiger partial charge >= 0.3 is 0 Å². The molecule has 0 spiro atoms. The van der Waals surface area contributed by atoms with Crippen molar-refractivity contribution in [1.29, 1.82) is 0 Å². The molecule has 0 amide bonds. The summed E-state index contributed by atoms with van der Waals surface area (Å²) in [5, 5.41) is -1.87. The van der Waals surface area contributed by atoms with E-state index in [1.54, 1.807) is 99.5 Å². The van der Waals surface area contributed by atoms with E-state index in [4.69, 9.17) is 164 Å². The molecule has 0 aromatic rings. The highest BCUT2D eigenvalue weighted by Gasteiger charge is 2.65. The lowest BCUT2D eigenvalue weighted by Gasteiger charge is -2.53. The minimum Gasteiger partial charge on any atom is -0.414 e. The molecule has 21 rings (SSSR count). The Hall–Kier alpha value is 0.118. The summed E-state index contributed by atoms with van der Waals surface area (Å²) in [4.78, 5) is 0. The van der Waals surface area contributed by atoms with Crippen molar-refractivity contribution in [2.24, 2.45) is 0 Å². The smallest absolute Gasteiger partial charge is 0.192 e. The molecule has 140 heavy (non-hydrogen) atoms. The van der Waals surface area contributed by atoms with Gasteiger partial charge in [-0.25, -0.2) is 0 Å². The fraction of sp³-hybridized carbons (Fsp3) is 1.00. The van der Waals surface area contributed by atoms with E-state index in [9.17, 15) is 0 Å². The first-order chi connectivity index (χ1) is 64.5. The summed E-state index contributed by atoms with van der Waals surface area (Å²) in [7, 11) is 3.58. The van der Waals surface area contributed by atoms with Crippen molar-refractivity contribution in [3.8, 4) is 0 Å². The van der Waals surface area contributed by atoms with E-state index < -0.39 is 273 Å². The van der Waals surface area contributed by atoms with Gasteiger partial charge in [-0.3, -0.25) is 0 Å². The Morgan fingerprint density at radius 3 is 0.300 bits per heavy atom. The Bertz CT molecular complexity index is 3040. The number of hydrogen-bond donors (Lipinski definition) is 0. The number of hydrogen-bond acceptors (Lipinski definition) is 35. The zero-order chi connectivity index (χ0) is 106. The number of rotatable bonds is 35. The second-order valence-corrected chi connectivity index (χ2v) is 83.5. The van der Waals surface area contributed by atoms with E-state index in [-0.39, 0.29) is 81.5 Å². The average Bonchev–Trinajstić information content (AvgIpc) is 0.759. The summed E-state index contributed by atoms with van der Waals surface area (Å²) in [6.07, 6.45) is -38.3. The predicted molar refractivity (Wildman–Crippen MR) is 548 cm³/mol.